The summed E-state index contributed by atoms with van der Waals surface area (Å²) in [5.74, 6) is 1.54. The molecular formula is C14H13Br2NO2. The van der Waals surface area contributed by atoms with E-state index in [2.05, 4.69) is 31.9 Å². The molecule has 2 aromatic rings. The highest BCUT2D eigenvalue weighted by molar-refractivity contribution is 9.11. The van der Waals surface area contributed by atoms with Crippen LogP contribution in [0.25, 0.3) is 0 Å². The first-order valence-electron chi connectivity index (χ1n) is 5.60. The minimum absolute atomic E-state index is 0.397. The molecule has 0 aromatic heterocycles. The predicted octanol–water partition coefficient (Wildman–Crippen LogP) is 4.38. The SMILES string of the molecule is COc1ccc(N)cc1COc1ccc(Br)cc1Br. The van der Waals surface area contributed by atoms with E-state index in [1.54, 1.807) is 13.2 Å². The van der Waals surface area contributed by atoms with Gasteiger partial charge in [0.15, 0.2) is 0 Å². The fraction of sp³-hybridized carbons (Fsp3) is 0.143. The second kappa shape index (κ2) is 6.30. The number of nitrogen functional groups attached to an aromatic ring is 1. The molecule has 0 unspecified atom stereocenters. The number of methoxy groups -OCH3 is 1. The van der Waals surface area contributed by atoms with Crippen molar-refractivity contribution in [3.63, 3.8) is 0 Å². The third-order valence-corrected chi connectivity index (χ3v) is 3.69. The third-order valence-electron chi connectivity index (χ3n) is 2.58. The van der Waals surface area contributed by atoms with Crippen LogP contribution in [0, 0.1) is 0 Å². The molecule has 0 bridgehead atoms. The van der Waals surface area contributed by atoms with Crippen molar-refractivity contribution in [2.75, 3.05) is 12.8 Å². The molecule has 0 spiro atoms. The van der Waals surface area contributed by atoms with Crippen LogP contribution in [0.2, 0.25) is 0 Å². The van der Waals surface area contributed by atoms with Gasteiger partial charge in [-0.15, -0.1) is 0 Å². The van der Waals surface area contributed by atoms with Gasteiger partial charge in [0.05, 0.1) is 11.6 Å². The van der Waals surface area contributed by atoms with Gasteiger partial charge in [-0.2, -0.15) is 0 Å². The van der Waals surface area contributed by atoms with Crippen molar-refractivity contribution >= 4 is 37.5 Å². The van der Waals surface area contributed by atoms with Crippen molar-refractivity contribution in [3.05, 3.63) is 50.9 Å². The van der Waals surface area contributed by atoms with Crippen LogP contribution in [-0.2, 0) is 6.61 Å². The Kier molecular flexibility index (Phi) is 4.71. The highest BCUT2D eigenvalue weighted by Gasteiger charge is 2.07. The minimum Gasteiger partial charge on any atom is -0.496 e. The third kappa shape index (κ3) is 3.64. The zero-order valence-electron chi connectivity index (χ0n) is 10.3. The van der Waals surface area contributed by atoms with E-state index in [0.717, 1.165) is 26.0 Å². The standard InChI is InChI=1S/C14H13Br2NO2/c1-18-13-5-3-11(17)6-9(13)8-19-14-4-2-10(15)7-12(14)16/h2-7H,8,17H2,1H3. The average molecular weight is 387 g/mol. The summed E-state index contributed by atoms with van der Waals surface area (Å²) in [5, 5.41) is 0. The lowest BCUT2D eigenvalue weighted by molar-refractivity contribution is 0.295. The highest BCUT2D eigenvalue weighted by Crippen LogP contribution is 2.30. The molecule has 5 heteroatoms. The van der Waals surface area contributed by atoms with Crippen LogP contribution >= 0.6 is 31.9 Å². The van der Waals surface area contributed by atoms with Crippen molar-refractivity contribution in [3.8, 4) is 11.5 Å². The number of rotatable bonds is 4. The normalized spacial score (nSPS) is 10.3. The molecule has 0 saturated heterocycles. The summed E-state index contributed by atoms with van der Waals surface area (Å²) in [6.07, 6.45) is 0. The number of ether oxygens (including phenoxy) is 2. The molecule has 0 aliphatic rings. The Morgan fingerprint density at radius 3 is 2.47 bits per heavy atom. The van der Waals surface area contributed by atoms with Crippen molar-refractivity contribution in [2.45, 2.75) is 6.61 Å². The summed E-state index contributed by atoms with van der Waals surface area (Å²) in [5.41, 5.74) is 7.38. The summed E-state index contributed by atoms with van der Waals surface area (Å²) < 4.78 is 12.9. The first kappa shape index (κ1) is 14.2. The van der Waals surface area contributed by atoms with E-state index in [9.17, 15) is 0 Å². The van der Waals surface area contributed by atoms with Crippen molar-refractivity contribution < 1.29 is 9.47 Å². The number of anilines is 1. The molecule has 2 aromatic carbocycles. The number of hydrogen-bond acceptors (Lipinski definition) is 3. The highest BCUT2D eigenvalue weighted by atomic mass is 79.9. The monoisotopic (exact) mass is 385 g/mol. The summed E-state index contributed by atoms with van der Waals surface area (Å²) in [6.45, 7) is 0.397. The van der Waals surface area contributed by atoms with Crippen molar-refractivity contribution in [1.82, 2.24) is 0 Å². The zero-order valence-corrected chi connectivity index (χ0v) is 13.5. The van der Waals surface area contributed by atoms with E-state index in [1.807, 2.05) is 30.3 Å². The van der Waals surface area contributed by atoms with Gasteiger partial charge in [0.2, 0.25) is 0 Å². The molecule has 0 heterocycles. The lowest BCUT2D eigenvalue weighted by Crippen LogP contribution is -2.00. The fourth-order valence-corrected chi connectivity index (χ4v) is 2.82. The first-order valence-corrected chi connectivity index (χ1v) is 7.19. The molecule has 0 radical (unpaired) electrons. The molecule has 100 valence electrons. The molecule has 3 nitrogen and oxygen atoms in total. The van der Waals surface area contributed by atoms with Crippen LogP contribution in [0.3, 0.4) is 0 Å². The summed E-state index contributed by atoms with van der Waals surface area (Å²) >= 11 is 6.86. The number of benzene rings is 2. The molecule has 0 fully saturated rings. The smallest absolute Gasteiger partial charge is 0.134 e. The molecule has 0 amide bonds. The topological polar surface area (TPSA) is 44.5 Å². The van der Waals surface area contributed by atoms with Gasteiger partial charge in [-0.25, -0.2) is 0 Å². The second-order valence-corrected chi connectivity index (χ2v) is 5.70. The Hall–Kier alpha value is -1.20. The Labute approximate surface area is 129 Å². The van der Waals surface area contributed by atoms with Gasteiger partial charge in [-0.3, -0.25) is 0 Å². The molecule has 0 saturated carbocycles. The number of hydrogen-bond donors (Lipinski definition) is 1. The molecular weight excluding hydrogens is 374 g/mol. The van der Waals surface area contributed by atoms with Gasteiger partial charge in [-0.05, 0) is 52.3 Å². The second-order valence-electron chi connectivity index (χ2n) is 3.93. The number of halogens is 2. The fourth-order valence-electron chi connectivity index (χ4n) is 1.66. The van der Waals surface area contributed by atoms with Crippen LogP contribution in [0.4, 0.5) is 5.69 Å². The van der Waals surface area contributed by atoms with Crippen molar-refractivity contribution in [1.29, 1.82) is 0 Å². The van der Waals surface area contributed by atoms with E-state index in [1.165, 1.54) is 0 Å². The van der Waals surface area contributed by atoms with Crippen molar-refractivity contribution in [2.24, 2.45) is 0 Å². The summed E-state index contributed by atoms with van der Waals surface area (Å²) in [4.78, 5) is 0. The van der Waals surface area contributed by atoms with Gasteiger partial charge >= 0.3 is 0 Å². The van der Waals surface area contributed by atoms with E-state index in [4.69, 9.17) is 15.2 Å². The molecule has 0 atom stereocenters. The first-order chi connectivity index (χ1) is 9.10. The summed E-state index contributed by atoms with van der Waals surface area (Å²) in [7, 11) is 1.63. The Balaban J connectivity index is 2.16. The zero-order chi connectivity index (χ0) is 13.8. The average Bonchev–Trinajstić information content (AvgIpc) is 2.38. The van der Waals surface area contributed by atoms with Gasteiger partial charge in [0, 0.05) is 15.7 Å². The van der Waals surface area contributed by atoms with Crippen LogP contribution in [0.15, 0.2) is 45.3 Å². The predicted molar refractivity (Wildman–Crippen MR) is 83.6 cm³/mol. The van der Waals surface area contributed by atoms with Gasteiger partial charge < -0.3 is 15.2 Å². The maximum absolute atomic E-state index is 5.77. The van der Waals surface area contributed by atoms with E-state index in [0.29, 0.717) is 12.3 Å². The lowest BCUT2D eigenvalue weighted by Gasteiger charge is -2.12. The largest absolute Gasteiger partial charge is 0.496 e. The summed E-state index contributed by atoms with van der Waals surface area (Å²) in [6, 6.07) is 11.3. The van der Waals surface area contributed by atoms with Gasteiger partial charge in [-0.1, -0.05) is 15.9 Å². The maximum atomic E-state index is 5.77. The van der Waals surface area contributed by atoms with Crippen LogP contribution < -0.4 is 15.2 Å². The van der Waals surface area contributed by atoms with E-state index in [-0.39, 0.29) is 0 Å². The lowest BCUT2D eigenvalue weighted by atomic mass is 10.2. The Bertz CT molecular complexity index is 588. The molecule has 2 N–H and O–H groups in total. The van der Waals surface area contributed by atoms with E-state index >= 15 is 0 Å². The van der Waals surface area contributed by atoms with E-state index < -0.39 is 0 Å². The van der Waals surface area contributed by atoms with Crippen LogP contribution in [0.1, 0.15) is 5.56 Å². The maximum Gasteiger partial charge on any atom is 0.134 e. The van der Waals surface area contributed by atoms with Crippen LogP contribution in [0.5, 0.6) is 11.5 Å². The molecule has 0 aliphatic carbocycles. The number of nitrogens with two attached hydrogens (primary N) is 1. The molecule has 0 aliphatic heterocycles. The Morgan fingerprint density at radius 2 is 1.79 bits per heavy atom. The Morgan fingerprint density at radius 1 is 1.05 bits per heavy atom. The van der Waals surface area contributed by atoms with Gasteiger partial charge in [0.25, 0.3) is 0 Å². The van der Waals surface area contributed by atoms with Crippen LogP contribution in [-0.4, -0.2) is 7.11 Å². The quantitative estimate of drug-likeness (QED) is 0.793. The molecule has 19 heavy (non-hydrogen) atoms. The van der Waals surface area contributed by atoms with Gasteiger partial charge in [0.1, 0.15) is 18.1 Å². The minimum atomic E-state index is 0.397. The molecule has 2 rings (SSSR count).